The van der Waals surface area contributed by atoms with E-state index < -0.39 is 32.3 Å². The molecule has 1 heterocycles. The normalized spacial score (nSPS) is 12.2. The summed E-state index contributed by atoms with van der Waals surface area (Å²) in [5.74, 6) is 16.1. The Kier molecular flexibility index (Phi) is 14.8. The summed E-state index contributed by atoms with van der Waals surface area (Å²) in [4.78, 5) is 3.99. The van der Waals surface area contributed by atoms with Crippen molar-refractivity contribution >= 4 is 97.2 Å². The van der Waals surface area contributed by atoms with Crippen molar-refractivity contribution in [3.8, 4) is 45.9 Å². The van der Waals surface area contributed by atoms with Crippen LogP contribution in [0.5, 0.6) is 0 Å². The van der Waals surface area contributed by atoms with Crippen LogP contribution in [0, 0.1) is 45.9 Å². The lowest BCUT2D eigenvalue weighted by Gasteiger charge is -2.21. The van der Waals surface area contributed by atoms with Crippen LogP contribution in [-0.2, 0) is 0 Å². The van der Waals surface area contributed by atoms with Crippen LogP contribution >= 0.6 is 0 Å². The highest BCUT2D eigenvalue weighted by molar-refractivity contribution is 6.88. The third-order valence-electron chi connectivity index (χ3n) is 16.8. The molecule has 0 aliphatic heterocycles. The lowest BCUT2D eigenvalue weighted by molar-refractivity contribution is 1.20. The van der Waals surface area contributed by atoms with E-state index in [9.17, 15) is 0 Å². The van der Waals surface area contributed by atoms with E-state index >= 15 is 0 Å². The number of hydrogen-bond donors (Lipinski definition) is 1. The molecule has 334 valence electrons. The third-order valence-corrected chi connectivity index (χ3v) is 35.7. The summed E-state index contributed by atoms with van der Waals surface area (Å²) in [7, 11) is -7.22. The quantitative estimate of drug-likeness (QED) is 0.0714. The molecule has 0 bridgehead atoms. The van der Waals surface area contributed by atoms with Crippen LogP contribution in [0.1, 0.15) is 105 Å². The molecule has 0 atom stereocenters. The van der Waals surface area contributed by atoms with Crippen molar-refractivity contribution in [3.63, 3.8) is 0 Å². The Balaban J connectivity index is 1.82. The molecular weight excluding hydrogens is 847 g/mol. The van der Waals surface area contributed by atoms with Crippen LogP contribution in [-0.4, -0.2) is 37.3 Å². The van der Waals surface area contributed by atoms with Gasteiger partial charge in [0.05, 0.1) is 0 Å². The molecule has 7 rings (SSSR count). The second-order valence-corrected chi connectivity index (χ2v) is 38.6. The third kappa shape index (κ3) is 8.49. The molecule has 0 unspecified atom stereocenters. The summed E-state index contributed by atoms with van der Waals surface area (Å²) < 4.78 is 0. The molecule has 5 heteroatoms. The van der Waals surface area contributed by atoms with Crippen LogP contribution in [0.2, 0.25) is 72.5 Å². The van der Waals surface area contributed by atoms with Gasteiger partial charge in [-0.2, -0.15) is 0 Å². The van der Waals surface area contributed by atoms with Gasteiger partial charge < -0.3 is 4.98 Å². The van der Waals surface area contributed by atoms with E-state index in [1.54, 1.807) is 0 Å². The van der Waals surface area contributed by atoms with Crippen molar-refractivity contribution in [1.29, 1.82) is 0 Å². The van der Waals surface area contributed by atoms with Crippen molar-refractivity contribution < 1.29 is 0 Å². The zero-order valence-electron chi connectivity index (χ0n) is 41.9. The van der Waals surface area contributed by atoms with Crippen molar-refractivity contribution in [3.05, 3.63) is 95.1 Å². The molecule has 0 fully saturated rings. The first-order chi connectivity index (χ1) is 31.5. The van der Waals surface area contributed by atoms with Gasteiger partial charge in [0.15, 0.2) is 0 Å². The predicted octanol–water partition coefficient (Wildman–Crippen LogP) is 17.5. The highest BCUT2D eigenvalue weighted by Crippen LogP contribution is 2.45. The van der Waals surface area contributed by atoms with Crippen molar-refractivity contribution in [2.45, 2.75) is 156 Å². The van der Waals surface area contributed by atoms with Crippen molar-refractivity contribution in [2.24, 2.45) is 0 Å². The largest absolute Gasteiger partial charge is 0.354 e. The van der Waals surface area contributed by atoms with Crippen LogP contribution in [0.4, 0.5) is 0 Å². The fraction of sp³-hybridized carbons (Fsp3) is 0.400. The zero-order chi connectivity index (χ0) is 46.6. The fourth-order valence-corrected chi connectivity index (χ4v) is 20.5. The molecule has 65 heavy (non-hydrogen) atoms. The molecule has 0 saturated heterocycles. The Bertz CT molecular complexity index is 2930. The monoisotopic (exact) mass is 919 g/mol. The number of aromatic amines is 1. The van der Waals surface area contributed by atoms with Gasteiger partial charge in [-0.25, -0.2) is 0 Å². The average Bonchev–Trinajstić information content (AvgIpc) is 3.75. The van der Waals surface area contributed by atoms with E-state index in [4.69, 9.17) is 0 Å². The number of nitrogens with one attached hydrogen (secondary N) is 1. The molecule has 0 spiro atoms. The van der Waals surface area contributed by atoms with Gasteiger partial charge in [-0.15, -0.1) is 22.2 Å². The number of rotatable bonds is 12. The van der Waals surface area contributed by atoms with Gasteiger partial charge in [-0.05, 0) is 117 Å². The maximum Gasteiger partial charge on any atom is 0.138 e. The van der Waals surface area contributed by atoms with Gasteiger partial charge in [0.1, 0.15) is 32.3 Å². The molecule has 0 aliphatic carbocycles. The average molecular weight is 921 g/mol. The SMILES string of the molecule is CC[Si](C#Cc1c2ccccc2c(C#C[Si](CC)(CC)CC)c2c1ccc1[nH]c3ccc4c(C#C[Si](CC)(CC)CC)c5ccccc5c(C#C[Si](CC)(CC)CC)c4c3c12)(CC)CC. The molecule has 0 saturated carbocycles. The van der Waals surface area contributed by atoms with Gasteiger partial charge in [0.25, 0.3) is 0 Å². The summed E-state index contributed by atoms with van der Waals surface area (Å²) in [5, 5.41) is 12.2. The summed E-state index contributed by atoms with van der Waals surface area (Å²) in [5.41, 5.74) is 23.1. The van der Waals surface area contributed by atoms with Crippen LogP contribution < -0.4 is 0 Å². The van der Waals surface area contributed by atoms with E-state index in [1.165, 1.54) is 90.1 Å². The van der Waals surface area contributed by atoms with Crippen molar-refractivity contribution in [1.82, 2.24) is 4.98 Å². The molecule has 1 N–H and O–H groups in total. The van der Waals surface area contributed by atoms with E-state index in [2.05, 4.69) is 207 Å². The Hall–Kier alpha value is -4.73. The minimum atomic E-state index is -1.83. The second kappa shape index (κ2) is 20.0. The number of fused-ring (bicyclic) bond motifs is 9. The van der Waals surface area contributed by atoms with Crippen LogP contribution in [0.3, 0.4) is 0 Å². The summed E-state index contributed by atoms with van der Waals surface area (Å²) in [6.07, 6.45) is 0. The number of benzene rings is 6. The lowest BCUT2D eigenvalue weighted by Crippen LogP contribution is -2.29. The van der Waals surface area contributed by atoms with Crippen LogP contribution in [0.15, 0.2) is 72.8 Å². The molecule has 1 aromatic heterocycles. The summed E-state index contributed by atoms with van der Waals surface area (Å²) in [6, 6.07) is 41.4. The predicted molar refractivity (Wildman–Crippen MR) is 302 cm³/mol. The highest BCUT2D eigenvalue weighted by atomic mass is 28.3. The van der Waals surface area contributed by atoms with E-state index in [0.29, 0.717) is 0 Å². The smallest absolute Gasteiger partial charge is 0.138 e. The maximum atomic E-state index is 4.09. The maximum absolute atomic E-state index is 4.09. The standard InChI is InChI=1S/C60H73NSi4/c1-13-62(14-2,15-3)41-37-49-45-29-25-27-31-47(45)53(39-43-64(19-7,20-8)21-9)57-51(49)33-35-55-59(57)60-56(61-55)36-34-52-50(38-42-63(16-4,17-5)18-6)46-30-26-28-32-48(46)54(58(52)60)40-44-65(22-10,23-11)24-12/h25-36,61H,13-24H2,1-12H3. The van der Waals surface area contributed by atoms with Crippen LogP contribution in [0.25, 0.3) is 64.9 Å². The second-order valence-electron chi connectivity index (χ2n) is 18.9. The van der Waals surface area contributed by atoms with Gasteiger partial charge in [-0.3, -0.25) is 0 Å². The minimum absolute atomic E-state index is 1.13. The first kappa shape index (κ1) is 48.2. The summed E-state index contributed by atoms with van der Waals surface area (Å²) >= 11 is 0. The molecule has 0 radical (unpaired) electrons. The minimum Gasteiger partial charge on any atom is -0.354 e. The highest BCUT2D eigenvalue weighted by Gasteiger charge is 2.29. The van der Waals surface area contributed by atoms with Gasteiger partial charge in [-0.1, -0.05) is 167 Å². The van der Waals surface area contributed by atoms with Gasteiger partial charge >= 0.3 is 0 Å². The number of H-pyrrole nitrogens is 1. The van der Waals surface area contributed by atoms with Gasteiger partial charge in [0.2, 0.25) is 0 Å². The Morgan fingerprint density at radius 1 is 0.292 bits per heavy atom. The molecule has 0 amide bonds. The van der Waals surface area contributed by atoms with Gasteiger partial charge in [0, 0.05) is 54.8 Å². The Morgan fingerprint density at radius 2 is 0.538 bits per heavy atom. The lowest BCUT2D eigenvalue weighted by atomic mass is 9.87. The van der Waals surface area contributed by atoms with E-state index in [-0.39, 0.29) is 0 Å². The number of aromatic nitrogens is 1. The molecular formula is C60H73NSi4. The molecule has 1 nitrogen and oxygen atoms in total. The molecule has 6 aromatic carbocycles. The first-order valence-corrected chi connectivity index (χ1v) is 35.9. The zero-order valence-corrected chi connectivity index (χ0v) is 45.9. The fourth-order valence-electron chi connectivity index (χ4n) is 10.8. The first-order valence-electron chi connectivity index (χ1n) is 25.5. The van der Waals surface area contributed by atoms with E-state index in [0.717, 1.165) is 69.6 Å². The molecule has 0 aliphatic rings. The Labute approximate surface area is 396 Å². The van der Waals surface area contributed by atoms with Crippen molar-refractivity contribution in [2.75, 3.05) is 0 Å². The number of hydrogen-bond acceptors (Lipinski definition) is 0. The Morgan fingerprint density at radius 3 is 0.800 bits per heavy atom. The van der Waals surface area contributed by atoms with E-state index in [1.807, 2.05) is 0 Å². The topological polar surface area (TPSA) is 15.8 Å². The molecule has 7 aromatic rings. The summed E-state index contributed by atoms with van der Waals surface area (Å²) in [6.45, 7) is 28.4.